The molecular weight excluding hydrogens is 577 g/mol. The van der Waals surface area contributed by atoms with E-state index in [0.717, 1.165) is 40.7 Å². The molecule has 1 aromatic heterocycles. The first-order chi connectivity index (χ1) is 20.6. The Morgan fingerprint density at radius 1 is 1.05 bits per heavy atom. The summed E-state index contributed by atoms with van der Waals surface area (Å²) in [6.45, 7) is 7.88. The SMILES string of the molecule is Cc1cc(C)c(N2CCS/C2=N\C(=O)CNCCc2ccc(-c3ncn(-c4ccc(OC(F)(F)F)cc4)n3)cc2)c(C)c1. The minimum absolute atomic E-state index is 0.159. The molecular formula is C31H31F3N6O2S. The lowest BCUT2D eigenvalue weighted by Gasteiger charge is -2.23. The van der Waals surface area contributed by atoms with Crippen molar-refractivity contribution in [2.24, 2.45) is 4.99 Å². The summed E-state index contributed by atoms with van der Waals surface area (Å²) in [5, 5.41) is 8.38. The molecule has 1 N–H and O–H groups in total. The number of aromatic nitrogens is 3. The van der Waals surface area contributed by atoms with Gasteiger partial charge in [0.1, 0.15) is 12.1 Å². The average molecular weight is 609 g/mol. The van der Waals surface area contributed by atoms with Gasteiger partial charge >= 0.3 is 6.36 Å². The zero-order valence-electron chi connectivity index (χ0n) is 24.0. The molecule has 12 heteroatoms. The zero-order chi connectivity index (χ0) is 30.6. The monoisotopic (exact) mass is 608 g/mol. The lowest BCUT2D eigenvalue weighted by Crippen LogP contribution is -2.29. The molecule has 0 unspecified atom stereocenters. The van der Waals surface area contributed by atoms with Crippen LogP contribution in [0.1, 0.15) is 22.3 Å². The fourth-order valence-corrected chi connectivity index (χ4v) is 5.98. The maximum atomic E-state index is 12.6. The minimum atomic E-state index is -4.74. The highest BCUT2D eigenvalue weighted by Crippen LogP contribution is 2.32. The summed E-state index contributed by atoms with van der Waals surface area (Å²) in [5.41, 5.74) is 7.15. The fraction of sp³-hybridized carbons (Fsp3) is 0.290. The fourth-order valence-electron chi connectivity index (χ4n) is 5.02. The van der Waals surface area contributed by atoms with Crippen LogP contribution in [0.2, 0.25) is 0 Å². The zero-order valence-corrected chi connectivity index (χ0v) is 24.8. The predicted molar refractivity (Wildman–Crippen MR) is 163 cm³/mol. The largest absolute Gasteiger partial charge is 0.573 e. The Labute approximate surface area is 252 Å². The van der Waals surface area contributed by atoms with E-state index >= 15 is 0 Å². The molecule has 0 radical (unpaired) electrons. The van der Waals surface area contributed by atoms with Gasteiger partial charge in [0, 0.05) is 23.5 Å². The molecule has 0 bridgehead atoms. The van der Waals surface area contributed by atoms with E-state index in [4.69, 9.17) is 0 Å². The number of nitrogens with zero attached hydrogens (tertiary/aromatic N) is 5. The molecule has 224 valence electrons. The molecule has 1 aliphatic heterocycles. The summed E-state index contributed by atoms with van der Waals surface area (Å²) in [5.74, 6) is 0.879. The lowest BCUT2D eigenvalue weighted by atomic mass is 10.0. The van der Waals surface area contributed by atoms with Crippen LogP contribution in [0, 0.1) is 20.8 Å². The number of hydrogen-bond donors (Lipinski definition) is 1. The van der Waals surface area contributed by atoms with E-state index in [0.29, 0.717) is 18.1 Å². The normalized spacial score (nSPS) is 14.5. The van der Waals surface area contributed by atoms with Crippen LogP contribution in [-0.4, -0.2) is 57.6 Å². The van der Waals surface area contributed by atoms with Crippen molar-refractivity contribution in [2.45, 2.75) is 33.6 Å². The van der Waals surface area contributed by atoms with Crippen LogP contribution in [0.15, 0.2) is 72.0 Å². The Balaban J connectivity index is 1.11. The molecule has 0 atom stereocenters. The number of anilines is 1. The first-order valence-corrected chi connectivity index (χ1v) is 14.7. The van der Waals surface area contributed by atoms with Crippen molar-refractivity contribution in [3.63, 3.8) is 0 Å². The molecule has 1 fully saturated rings. The van der Waals surface area contributed by atoms with E-state index in [-0.39, 0.29) is 18.2 Å². The van der Waals surface area contributed by atoms with Crippen molar-refractivity contribution in [3.05, 3.63) is 89.2 Å². The van der Waals surface area contributed by atoms with Gasteiger partial charge in [0.05, 0.1) is 12.2 Å². The maximum absolute atomic E-state index is 12.6. The van der Waals surface area contributed by atoms with Gasteiger partial charge in [-0.05, 0) is 74.7 Å². The van der Waals surface area contributed by atoms with E-state index in [1.165, 1.54) is 52.0 Å². The van der Waals surface area contributed by atoms with Crippen LogP contribution in [0.25, 0.3) is 17.1 Å². The molecule has 1 aliphatic rings. The summed E-state index contributed by atoms with van der Waals surface area (Å²) < 4.78 is 42.6. The van der Waals surface area contributed by atoms with E-state index in [1.807, 2.05) is 24.3 Å². The number of carbonyl (C=O) groups excluding carboxylic acids is 1. The number of aryl methyl sites for hydroxylation is 3. The highest BCUT2D eigenvalue weighted by atomic mass is 32.2. The number of amidine groups is 1. The molecule has 3 aromatic carbocycles. The van der Waals surface area contributed by atoms with Gasteiger partial charge in [0.15, 0.2) is 11.0 Å². The second kappa shape index (κ2) is 13.0. The quantitative estimate of drug-likeness (QED) is 0.233. The molecule has 0 saturated carbocycles. The number of hydrogen-bond acceptors (Lipinski definition) is 6. The van der Waals surface area contributed by atoms with Crippen LogP contribution < -0.4 is 15.0 Å². The van der Waals surface area contributed by atoms with Gasteiger partial charge in [-0.3, -0.25) is 4.79 Å². The average Bonchev–Trinajstić information content (AvgIpc) is 3.61. The van der Waals surface area contributed by atoms with Crippen LogP contribution in [0.3, 0.4) is 0 Å². The maximum Gasteiger partial charge on any atom is 0.573 e. The number of aliphatic imine (C=N–C) groups is 1. The van der Waals surface area contributed by atoms with Gasteiger partial charge in [-0.2, -0.15) is 4.99 Å². The Hall–Kier alpha value is -4.16. The smallest absolute Gasteiger partial charge is 0.406 e. The Bertz CT molecular complexity index is 1590. The van der Waals surface area contributed by atoms with E-state index in [2.05, 4.69) is 62.9 Å². The predicted octanol–water partition coefficient (Wildman–Crippen LogP) is 6.03. The van der Waals surface area contributed by atoms with Gasteiger partial charge in [-0.1, -0.05) is 53.7 Å². The van der Waals surface area contributed by atoms with Crippen molar-refractivity contribution in [1.29, 1.82) is 0 Å². The molecule has 8 nitrogen and oxygen atoms in total. The van der Waals surface area contributed by atoms with E-state index < -0.39 is 6.36 Å². The second-order valence-corrected chi connectivity index (χ2v) is 11.3. The van der Waals surface area contributed by atoms with Crippen LogP contribution in [0.5, 0.6) is 5.75 Å². The van der Waals surface area contributed by atoms with E-state index in [1.54, 1.807) is 11.8 Å². The number of carbonyl (C=O) groups is 1. The summed E-state index contributed by atoms with van der Waals surface area (Å²) in [6, 6.07) is 17.5. The summed E-state index contributed by atoms with van der Waals surface area (Å²) in [6.07, 6.45) is -2.52. The number of halogens is 3. The molecule has 1 saturated heterocycles. The second-order valence-electron chi connectivity index (χ2n) is 10.2. The third-order valence-electron chi connectivity index (χ3n) is 6.81. The first-order valence-electron chi connectivity index (χ1n) is 13.7. The van der Waals surface area contributed by atoms with Crippen LogP contribution >= 0.6 is 11.8 Å². The van der Waals surface area contributed by atoms with Crippen LogP contribution in [-0.2, 0) is 11.2 Å². The van der Waals surface area contributed by atoms with Crippen molar-refractivity contribution in [2.75, 3.05) is 30.3 Å². The van der Waals surface area contributed by atoms with Crippen molar-refractivity contribution in [1.82, 2.24) is 20.1 Å². The number of rotatable bonds is 9. The summed E-state index contributed by atoms with van der Waals surface area (Å²) in [7, 11) is 0. The molecule has 2 heterocycles. The highest BCUT2D eigenvalue weighted by Gasteiger charge is 2.31. The minimum Gasteiger partial charge on any atom is -0.406 e. The molecule has 0 spiro atoms. The van der Waals surface area contributed by atoms with Crippen molar-refractivity contribution < 1.29 is 22.7 Å². The lowest BCUT2D eigenvalue weighted by molar-refractivity contribution is -0.274. The Kier molecular flexibility index (Phi) is 9.16. The number of nitrogens with one attached hydrogen (secondary N) is 1. The first kappa shape index (κ1) is 30.3. The van der Waals surface area contributed by atoms with E-state index in [9.17, 15) is 18.0 Å². The molecule has 1 amide bonds. The number of ether oxygens (including phenoxy) is 1. The molecule has 43 heavy (non-hydrogen) atoms. The standard InChI is InChI=1S/C31H31F3N6O2S/c1-20-16-21(2)28(22(3)17-20)39-14-15-43-30(39)37-27(41)18-35-13-12-23-4-6-24(7-5-23)29-36-19-40(38-29)25-8-10-26(11-9-25)42-31(32,33)34/h4-11,16-17,19,35H,12-15,18H2,1-3H3/b37-30-. The summed E-state index contributed by atoms with van der Waals surface area (Å²) in [4.78, 5) is 23.5. The molecule has 5 rings (SSSR count). The molecule has 0 aliphatic carbocycles. The third kappa shape index (κ3) is 7.82. The highest BCUT2D eigenvalue weighted by molar-refractivity contribution is 8.14. The number of thioether (sulfide) groups is 1. The topological polar surface area (TPSA) is 84.6 Å². The van der Waals surface area contributed by atoms with Crippen LogP contribution in [0.4, 0.5) is 18.9 Å². The van der Waals surface area contributed by atoms with Crippen molar-refractivity contribution >= 4 is 28.5 Å². The van der Waals surface area contributed by atoms with Gasteiger partial charge < -0.3 is 15.0 Å². The molecule has 4 aromatic rings. The van der Waals surface area contributed by atoms with Crippen molar-refractivity contribution in [3.8, 4) is 22.8 Å². The number of alkyl halides is 3. The Morgan fingerprint density at radius 3 is 2.42 bits per heavy atom. The third-order valence-corrected chi connectivity index (χ3v) is 7.76. The number of amides is 1. The van der Waals surface area contributed by atoms with Gasteiger partial charge in [-0.25, -0.2) is 9.67 Å². The van der Waals surface area contributed by atoms with Gasteiger partial charge in [-0.15, -0.1) is 18.3 Å². The Morgan fingerprint density at radius 2 is 1.74 bits per heavy atom. The van der Waals surface area contributed by atoms with Gasteiger partial charge in [0.25, 0.3) is 5.91 Å². The summed E-state index contributed by atoms with van der Waals surface area (Å²) >= 11 is 1.61. The van der Waals surface area contributed by atoms with Gasteiger partial charge in [0.2, 0.25) is 0 Å². The number of benzene rings is 3.